The summed E-state index contributed by atoms with van der Waals surface area (Å²) in [5.74, 6) is -2.76. The Morgan fingerprint density at radius 1 is 1.26 bits per heavy atom. The Balaban J connectivity index is 0.000000423. The summed E-state index contributed by atoms with van der Waals surface area (Å²) in [6.07, 6.45) is -5.08. The van der Waals surface area contributed by atoms with Crippen LogP contribution in [-0.4, -0.2) is 35.6 Å². The molecule has 0 radical (unpaired) electrons. The fourth-order valence-electron chi connectivity index (χ4n) is 1.98. The number of nitrogens with two attached hydrogens (primary N) is 1. The molecule has 0 aliphatic heterocycles. The zero-order valence-electron chi connectivity index (χ0n) is 14.8. The number of hydrogen-bond acceptors (Lipinski definition) is 8. The van der Waals surface area contributed by atoms with Crippen LogP contribution in [0.3, 0.4) is 0 Å². The van der Waals surface area contributed by atoms with E-state index in [1.807, 2.05) is 0 Å². The van der Waals surface area contributed by atoms with Gasteiger partial charge in [0, 0.05) is 6.07 Å². The Labute approximate surface area is 180 Å². The molecular weight excluding hydrogens is 489 g/mol. The molecule has 3 aromatic rings. The van der Waals surface area contributed by atoms with Crippen molar-refractivity contribution >= 4 is 66.2 Å². The number of pyridine rings is 1. The van der Waals surface area contributed by atoms with Crippen LogP contribution in [0.15, 0.2) is 40.6 Å². The molecule has 16 heteroatoms. The summed E-state index contributed by atoms with van der Waals surface area (Å²) in [6, 6.07) is 8.30. The number of nitrogens with one attached hydrogen (secondary N) is 1. The fourth-order valence-corrected chi connectivity index (χ4v) is 4.50. The predicted octanol–water partition coefficient (Wildman–Crippen LogP) is 3.87. The Bertz CT molecular complexity index is 1260. The lowest BCUT2D eigenvalue weighted by atomic mass is 10.2. The first-order valence-corrected chi connectivity index (χ1v) is 10.3. The predicted molar refractivity (Wildman–Crippen MR) is 107 cm³/mol. The molecule has 2 heterocycles. The van der Waals surface area contributed by atoms with Gasteiger partial charge in [-0.3, -0.25) is 14.8 Å². The second-order valence-corrected chi connectivity index (χ2v) is 8.90. The minimum Gasteiger partial charge on any atom is -0.475 e. The number of carboxylic acid groups (broad SMARTS) is 1. The molecule has 0 unspecified atom stereocenters. The van der Waals surface area contributed by atoms with E-state index in [1.54, 1.807) is 12.1 Å². The molecule has 0 saturated heterocycles. The van der Waals surface area contributed by atoms with Crippen LogP contribution in [0.4, 0.5) is 30.2 Å². The molecule has 2 aromatic heterocycles. The van der Waals surface area contributed by atoms with E-state index in [0.29, 0.717) is 10.2 Å². The third-order valence-corrected chi connectivity index (χ3v) is 6.46. The molecule has 0 saturated carbocycles. The minimum absolute atomic E-state index is 0.0201. The minimum atomic E-state index is -5.08. The first kappa shape index (κ1) is 24.1. The molecule has 1 aromatic carbocycles. The molecule has 0 spiro atoms. The van der Waals surface area contributed by atoms with Gasteiger partial charge in [-0.1, -0.05) is 11.6 Å². The summed E-state index contributed by atoms with van der Waals surface area (Å²) >= 11 is 6.80. The van der Waals surface area contributed by atoms with Crippen molar-refractivity contribution in [3.63, 3.8) is 0 Å². The van der Waals surface area contributed by atoms with Gasteiger partial charge in [0.25, 0.3) is 15.7 Å². The molecule has 0 amide bonds. The average Bonchev–Trinajstić information content (AvgIpc) is 3.07. The first-order valence-electron chi connectivity index (χ1n) is 7.63. The molecule has 0 aliphatic rings. The van der Waals surface area contributed by atoms with Gasteiger partial charge >= 0.3 is 12.1 Å². The van der Waals surface area contributed by atoms with Gasteiger partial charge in [0.15, 0.2) is 0 Å². The number of aromatic nitrogens is 1. The van der Waals surface area contributed by atoms with Gasteiger partial charge in [0.2, 0.25) is 0 Å². The smallest absolute Gasteiger partial charge is 0.475 e. The summed E-state index contributed by atoms with van der Waals surface area (Å²) < 4.78 is 59.6. The maximum absolute atomic E-state index is 12.5. The molecule has 0 bridgehead atoms. The lowest BCUT2D eigenvalue weighted by Crippen LogP contribution is -2.21. The molecule has 3 rings (SSSR count). The van der Waals surface area contributed by atoms with Crippen LogP contribution in [0.1, 0.15) is 0 Å². The topological polar surface area (TPSA) is 166 Å². The van der Waals surface area contributed by atoms with Crippen LogP contribution in [0.5, 0.6) is 0 Å². The third kappa shape index (κ3) is 6.16. The molecular formula is C15H10ClF3N4O6S2. The number of benzene rings is 1. The second kappa shape index (κ2) is 8.91. The van der Waals surface area contributed by atoms with Gasteiger partial charge in [-0.15, -0.1) is 11.3 Å². The van der Waals surface area contributed by atoms with Gasteiger partial charge in [0.1, 0.15) is 15.0 Å². The fraction of sp³-hybridized carbons (Fsp3) is 0.0667. The molecule has 0 aliphatic carbocycles. The van der Waals surface area contributed by atoms with Crippen molar-refractivity contribution in [3.05, 3.63) is 51.7 Å². The second-order valence-electron chi connectivity index (χ2n) is 5.52. The van der Waals surface area contributed by atoms with E-state index in [0.717, 1.165) is 17.4 Å². The zero-order chi connectivity index (χ0) is 23.6. The Kier molecular flexibility index (Phi) is 6.93. The van der Waals surface area contributed by atoms with E-state index in [4.69, 9.17) is 27.2 Å². The number of nitro groups is 1. The molecule has 4 N–H and O–H groups in total. The number of fused-ring (bicyclic) bond motifs is 1. The highest BCUT2D eigenvalue weighted by molar-refractivity contribution is 7.94. The van der Waals surface area contributed by atoms with Gasteiger partial charge in [0.05, 0.1) is 20.8 Å². The highest BCUT2D eigenvalue weighted by atomic mass is 35.5. The zero-order valence-corrected chi connectivity index (χ0v) is 17.1. The summed E-state index contributed by atoms with van der Waals surface area (Å²) in [5, 5.41) is 18.3. The highest BCUT2D eigenvalue weighted by Gasteiger charge is 2.38. The number of rotatable bonds is 4. The van der Waals surface area contributed by atoms with Crippen molar-refractivity contribution in [2.75, 3.05) is 10.5 Å². The maximum atomic E-state index is 12.5. The van der Waals surface area contributed by atoms with Crippen molar-refractivity contribution < 1.29 is 36.4 Å². The number of thiophene rings is 1. The van der Waals surface area contributed by atoms with Crippen molar-refractivity contribution in [2.45, 2.75) is 10.4 Å². The molecule has 0 atom stereocenters. The summed E-state index contributed by atoms with van der Waals surface area (Å²) in [6.45, 7) is 0. The number of carbonyl (C=O) groups is 1. The summed E-state index contributed by atoms with van der Waals surface area (Å²) in [7, 11) is -3.92. The summed E-state index contributed by atoms with van der Waals surface area (Å²) in [5.41, 5.74) is 5.56. The van der Waals surface area contributed by atoms with E-state index in [2.05, 4.69) is 9.71 Å². The van der Waals surface area contributed by atoms with E-state index in [9.17, 15) is 31.7 Å². The number of carboxylic acids is 1. The van der Waals surface area contributed by atoms with Gasteiger partial charge in [-0.2, -0.15) is 13.2 Å². The van der Waals surface area contributed by atoms with Crippen molar-refractivity contribution in [1.29, 1.82) is 0 Å². The number of nitrogen functional groups attached to an aromatic ring is 1. The van der Waals surface area contributed by atoms with Crippen LogP contribution in [0.2, 0.25) is 5.15 Å². The average molecular weight is 499 g/mol. The lowest BCUT2D eigenvalue weighted by molar-refractivity contribution is -0.383. The van der Waals surface area contributed by atoms with E-state index < -0.39 is 27.1 Å². The number of alkyl halides is 3. The molecule has 31 heavy (non-hydrogen) atoms. The van der Waals surface area contributed by atoms with Crippen LogP contribution in [0.25, 0.3) is 10.2 Å². The monoisotopic (exact) mass is 498 g/mol. The van der Waals surface area contributed by atoms with Crippen molar-refractivity contribution in [2.24, 2.45) is 0 Å². The van der Waals surface area contributed by atoms with Crippen LogP contribution in [0, 0.1) is 10.1 Å². The van der Waals surface area contributed by atoms with E-state index in [-0.39, 0.29) is 26.4 Å². The lowest BCUT2D eigenvalue weighted by Gasteiger charge is -2.06. The largest absolute Gasteiger partial charge is 0.490 e. The van der Waals surface area contributed by atoms with Gasteiger partial charge in [-0.25, -0.2) is 18.2 Å². The van der Waals surface area contributed by atoms with Crippen LogP contribution < -0.4 is 10.5 Å². The van der Waals surface area contributed by atoms with E-state index >= 15 is 0 Å². The highest BCUT2D eigenvalue weighted by Crippen LogP contribution is 2.31. The Hall–Kier alpha value is -3.17. The van der Waals surface area contributed by atoms with Crippen molar-refractivity contribution in [3.8, 4) is 0 Å². The number of anilines is 2. The van der Waals surface area contributed by atoms with Crippen LogP contribution in [-0.2, 0) is 14.8 Å². The Morgan fingerprint density at radius 3 is 2.42 bits per heavy atom. The molecule has 0 fully saturated rings. The van der Waals surface area contributed by atoms with E-state index in [1.165, 1.54) is 18.2 Å². The number of sulfonamides is 1. The number of nitro benzene ring substituents is 1. The number of hydrogen-bond donors (Lipinski definition) is 3. The maximum Gasteiger partial charge on any atom is 0.490 e. The SMILES string of the molecule is Nc1ccc(NS(=O)(=O)c2cc3nc(Cl)ccc3s2)cc1[N+](=O)[O-].O=C(O)C(F)(F)F. The standard InChI is InChI=1S/C13H9ClN4O4S2.C2HF3O2/c14-12-4-3-11-9(16-12)6-13(23-11)24(21,22)17-7-1-2-8(15)10(5-7)18(19)20;3-2(4,5)1(6)7/h1-6,17H,15H2;(H,6,7). The molecule has 166 valence electrons. The quantitative estimate of drug-likeness (QED) is 0.211. The first-order chi connectivity index (χ1) is 14.2. The Morgan fingerprint density at radius 2 is 1.87 bits per heavy atom. The van der Waals surface area contributed by atoms with Gasteiger partial charge in [-0.05, 0) is 30.3 Å². The van der Waals surface area contributed by atoms with Crippen molar-refractivity contribution in [1.82, 2.24) is 4.98 Å². The number of nitrogens with zero attached hydrogens (tertiary/aromatic N) is 2. The number of aliphatic carboxylic acids is 1. The summed E-state index contributed by atoms with van der Waals surface area (Å²) in [4.78, 5) is 23.1. The number of halogens is 4. The molecule has 10 nitrogen and oxygen atoms in total. The third-order valence-electron chi connectivity index (χ3n) is 3.30. The van der Waals surface area contributed by atoms with Crippen LogP contribution >= 0.6 is 22.9 Å². The normalized spacial score (nSPS) is 11.5. The van der Waals surface area contributed by atoms with Gasteiger partial charge < -0.3 is 10.8 Å².